The van der Waals surface area contributed by atoms with E-state index in [0.29, 0.717) is 0 Å². The summed E-state index contributed by atoms with van der Waals surface area (Å²) in [6, 6.07) is 1.48. The molecule has 0 radical (unpaired) electrons. The quantitative estimate of drug-likeness (QED) is 0.543. The lowest BCUT2D eigenvalue weighted by molar-refractivity contribution is -0.724. The molecule has 3 rings (SSSR count). The molecular weight excluding hydrogens is 388 g/mol. The summed E-state index contributed by atoms with van der Waals surface area (Å²) >= 11 is 0. The van der Waals surface area contributed by atoms with Crippen LogP contribution in [0.1, 0.15) is 153 Å². The molecule has 3 heteroatoms. The van der Waals surface area contributed by atoms with Crippen LogP contribution in [0.15, 0.2) is 18.7 Å². The van der Waals surface area contributed by atoms with E-state index < -0.39 is 0 Å². The van der Waals surface area contributed by atoms with Crippen molar-refractivity contribution in [1.82, 2.24) is 4.57 Å². The molecule has 2 fully saturated rings. The molecule has 0 N–H and O–H groups in total. The average Bonchev–Trinajstić information content (AvgIpc) is 3.19. The Kier molecular flexibility index (Phi) is 13.9. The summed E-state index contributed by atoms with van der Waals surface area (Å²) in [6.45, 7) is 0. The molecule has 0 aromatic carbocycles. The van der Waals surface area contributed by atoms with E-state index in [9.17, 15) is 0 Å². The molecule has 2 aliphatic carbocycles. The zero-order valence-corrected chi connectivity index (χ0v) is 20.5. The third-order valence-corrected chi connectivity index (χ3v) is 7.67. The van der Waals surface area contributed by atoms with Crippen LogP contribution < -0.4 is 17.0 Å². The van der Waals surface area contributed by atoms with Crippen molar-refractivity contribution in [2.45, 2.75) is 153 Å². The van der Waals surface area contributed by atoms with Crippen molar-refractivity contribution in [3.05, 3.63) is 18.7 Å². The Balaban J connectivity index is 0.00000320. The van der Waals surface area contributed by atoms with Gasteiger partial charge in [-0.2, -0.15) is 0 Å². The summed E-state index contributed by atoms with van der Waals surface area (Å²) in [5, 5.41) is 0. The van der Waals surface area contributed by atoms with Crippen molar-refractivity contribution < 1.29 is 17.0 Å². The fourth-order valence-corrected chi connectivity index (χ4v) is 5.70. The largest absolute Gasteiger partial charge is 1.00 e. The highest BCUT2D eigenvalue weighted by Crippen LogP contribution is 2.26. The number of hydrogen-bond donors (Lipinski definition) is 0. The first-order valence-corrected chi connectivity index (χ1v) is 13.5. The van der Waals surface area contributed by atoms with Crippen molar-refractivity contribution in [3.8, 4) is 0 Å². The van der Waals surface area contributed by atoms with Gasteiger partial charge in [0.2, 0.25) is 6.33 Å². The second-order valence-electron chi connectivity index (χ2n) is 10.1. The lowest BCUT2D eigenvalue weighted by Gasteiger charge is -2.17. The second-order valence-corrected chi connectivity index (χ2v) is 10.1. The highest BCUT2D eigenvalue weighted by molar-refractivity contribution is 4.77. The van der Waals surface area contributed by atoms with E-state index in [0.717, 1.165) is 12.1 Å². The molecule has 0 saturated heterocycles. The van der Waals surface area contributed by atoms with Gasteiger partial charge in [0.1, 0.15) is 24.5 Å². The van der Waals surface area contributed by atoms with E-state index in [-0.39, 0.29) is 12.4 Å². The van der Waals surface area contributed by atoms with Crippen molar-refractivity contribution in [2.24, 2.45) is 0 Å². The maximum Gasteiger partial charge on any atom is 0.244 e. The lowest BCUT2D eigenvalue weighted by atomic mass is 9.97. The van der Waals surface area contributed by atoms with Gasteiger partial charge in [0.15, 0.2) is 0 Å². The molecule has 1 aromatic rings. The predicted molar refractivity (Wildman–Crippen MR) is 124 cm³/mol. The number of nitrogens with zero attached hydrogens (tertiary/aromatic N) is 2. The summed E-state index contributed by atoms with van der Waals surface area (Å²) in [5.74, 6) is 0. The number of hydrogen-bond acceptors (Lipinski definition) is 0. The van der Waals surface area contributed by atoms with E-state index >= 15 is 0 Å². The van der Waals surface area contributed by atoms with Crippen LogP contribution in [0.4, 0.5) is 0 Å². The molecule has 0 unspecified atom stereocenters. The molecule has 0 aliphatic heterocycles. The van der Waals surface area contributed by atoms with Crippen molar-refractivity contribution >= 4 is 0 Å². The van der Waals surface area contributed by atoms with Gasteiger partial charge in [-0.05, 0) is 51.4 Å². The molecule has 0 bridgehead atoms. The van der Waals surface area contributed by atoms with Crippen molar-refractivity contribution in [3.63, 3.8) is 0 Å². The Morgan fingerprint density at radius 2 is 0.867 bits per heavy atom. The van der Waals surface area contributed by atoms with E-state index in [4.69, 9.17) is 0 Å². The molecule has 0 atom stereocenters. The summed E-state index contributed by atoms with van der Waals surface area (Å²) < 4.78 is 5.20. The highest BCUT2D eigenvalue weighted by atomic mass is 35.5. The second kappa shape index (κ2) is 16.2. The fourth-order valence-electron chi connectivity index (χ4n) is 5.70. The van der Waals surface area contributed by atoms with Gasteiger partial charge in [-0.3, -0.25) is 0 Å². The zero-order valence-electron chi connectivity index (χ0n) is 19.7. The minimum Gasteiger partial charge on any atom is -1.00 e. The zero-order chi connectivity index (χ0) is 20.0. The average molecular weight is 437 g/mol. The minimum absolute atomic E-state index is 0. The Labute approximate surface area is 193 Å². The number of aromatic nitrogens is 2. The van der Waals surface area contributed by atoms with Gasteiger partial charge in [0, 0.05) is 0 Å². The van der Waals surface area contributed by atoms with E-state index in [1.54, 1.807) is 0 Å². The summed E-state index contributed by atoms with van der Waals surface area (Å²) in [5.41, 5.74) is 0. The molecular formula is C27H49ClN2. The van der Waals surface area contributed by atoms with Crippen LogP contribution in [0.25, 0.3) is 0 Å². The van der Waals surface area contributed by atoms with Crippen molar-refractivity contribution in [2.75, 3.05) is 0 Å². The van der Waals surface area contributed by atoms with Gasteiger partial charge in [-0.25, -0.2) is 9.13 Å². The normalized spacial score (nSPS) is 23.2. The van der Waals surface area contributed by atoms with Crippen molar-refractivity contribution in [1.29, 1.82) is 0 Å². The summed E-state index contributed by atoms with van der Waals surface area (Å²) in [7, 11) is 0. The topological polar surface area (TPSA) is 8.81 Å². The molecule has 2 nitrogen and oxygen atoms in total. The Morgan fingerprint density at radius 3 is 1.30 bits per heavy atom. The first kappa shape index (κ1) is 25.8. The van der Waals surface area contributed by atoms with Crippen LogP contribution in [0, 0.1) is 0 Å². The maximum absolute atomic E-state index is 2.60. The van der Waals surface area contributed by atoms with Gasteiger partial charge < -0.3 is 12.4 Å². The van der Waals surface area contributed by atoms with Crippen LogP contribution in [0.5, 0.6) is 0 Å². The molecule has 1 heterocycles. The van der Waals surface area contributed by atoms with Crippen LogP contribution in [-0.4, -0.2) is 4.57 Å². The molecule has 2 aliphatic rings. The lowest BCUT2D eigenvalue weighted by Crippen LogP contribution is -3.00. The molecule has 1 aromatic heterocycles. The van der Waals surface area contributed by atoms with Gasteiger partial charge in [0.05, 0.1) is 0 Å². The Bertz CT molecular complexity index is 458. The van der Waals surface area contributed by atoms with Gasteiger partial charge >= 0.3 is 0 Å². The SMILES string of the molecule is [Cl-].c1c[n+](C2CCCCCCCCCCC2)cn1C1CCCCCCCCCCC1. The third kappa shape index (κ3) is 9.75. The van der Waals surface area contributed by atoms with Crippen LogP contribution in [0.2, 0.25) is 0 Å². The van der Waals surface area contributed by atoms with Crippen LogP contribution >= 0.6 is 0 Å². The van der Waals surface area contributed by atoms with E-state index in [2.05, 4.69) is 27.9 Å². The van der Waals surface area contributed by atoms with Crippen LogP contribution in [-0.2, 0) is 0 Å². The van der Waals surface area contributed by atoms with E-state index in [1.807, 2.05) is 0 Å². The summed E-state index contributed by atoms with van der Waals surface area (Å²) in [6.07, 6.45) is 39.0. The standard InChI is InChI=1S/C27H49N2.ClH/c1-3-7-11-15-19-26(20-16-12-8-4-1)28-23-24-29(25-28)27-21-17-13-9-5-2-6-10-14-18-22-27;/h23-27H,1-22H2;1H/q+1;/p-1. The molecule has 2 saturated carbocycles. The number of imidazole rings is 1. The van der Waals surface area contributed by atoms with Crippen LogP contribution in [0.3, 0.4) is 0 Å². The maximum atomic E-state index is 2.60. The number of rotatable bonds is 2. The fraction of sp³-hybridized carbons (Fsp3) is 0.889. The molecule has 0 amide bonds. The first-order chi connectivity index (χ1) is 14.4. The predicted octanol–water partition coefficient (Wildman–Crippen LogP) is 5.47. The molecule has 0 spiro atoms. The highest BCUT2D eigenvalue weighted by Gasteiger charge is 2.21. The Morgan fingerprint density at radius 1 is 0.500 bits per heavy atom. The smallest absolute Gasteiger partial charge is 0.244 e. The minimum atomic E-state index is 0. The Hall–Kier alpha value is -0.500. The molecule has 174 valence electrons. The first-order valence-electron chi connectivity index (χ1n) is 13.5. The number of halogens is 1. The monoisotopic (exact) mass is 436 g/mol. The van der Waals surface area contributed by atoms with Gasteiger partial charge in [0.25, 0.3) is 0 Å². The summed E-state index contributed by atoms with van der Waals surface area (Å²) in [4.78, 5) is 0. The van der Waals surface area contributed by atoms with Gasteiger partial charge in [-0.15, -0.1) is 0 Å². The third-order valence-electron chi connectivity index (χ3n) is 7.67. The molecule has 30 heavy (non-hydrogen) atoms. The van der Waals surface area contributed by atoms with E-state index in [1.165, 1.54) is 141 Å². The van der Waals surface area contributed by atoms with Gasteiger partial charge in [-0.1, -0.05) is 89.9 Å².